The molecule has 70 valence electrons. The minimum atomic E-state index is -0.473. The summed E-state index contributed by atoms with van der Waals surface area (Å²) in [4.78, 5) is 11.4. The monoisotopic (exact) mass is 197 g/mol. The lowest BCUT2D eigenvalue weighted by Crippen LogP contribution is -2.26. The summed E-state index contributed by atoms with van der Waals surface area (Å²) in [5.74, 6) is -0.0816. The number of hydrogen-bond donors (Lipinski definition) is 1. The molecule has 1 aromatic carbocycles. The molecule has 1 rings (SSSR count). The molecule has 2 N–H and O–H groups in total. The second kappa shape index (κ2) is 3.90. The average molecular weight is 198 g/mol. The number of carbonyl (C=O) groups excluding carboxylic acids is 1. The molecular formula is C10H12ClNO. The fourth-order valence-electron chi connectivity index (χ4n) is 1.01. The Hall–Kier alpha value is -0.860. The molecule has 0 aliphatic carbocycles. The Bertz CT molecular complexity index is 334. The van der Waals surface area contributed by atoms with Gasteiger partial charge in [0.2, 0.25) is 0 Å². The van der Waals surface area contributed by atoms with Crippen LogP contribution < -0.4 is 5.73 Å². The zero-order valence-electron chi connectivity index (χ0n) is 7.67. The molecule has 0 saturated heterocycles. The van der Waals surface area contributed by atoms with Gasteiger partial charge in [0.05, 0.1) is 6.04 Å². The standard InChI is InChI=1S/C10H12ClNO/c1-6-3-4-8(5-9(6)11)10(13)7(2)12/h3-5,7H,12H2,1-2H3. The Morgan fingerprint density at radius 3 is 2.62 bits per heavy atom. The summed E-state index contributed by atoms with van der Waals surface area (Å²) >= 11 is 5.87. The van der Waals surface area contributed by atoms with Crippen molar-refractivity contribution in [2.45, 2.75) is 19.9 Å². The number of Topliss-reactive ketones (excluding diaryl/α,β-unsaturated/α-hetero) is 1. The van der Waals surface area contributed by atoms with Crippen molar-refractivity contribution in [3.63, 3.8) is 0 Å². The molecule has 3 heteroatoms. The number of benzene rings is 1. The molecule has 13 heavy (non-hydrogen) atoms. The van der Waals surface area contributed by atoms with Gasteiger partial charge in [-0.2, -0.15) is 0 Å². The van der Waals surface area contributed by atoms with E-state index in [1.807, 2.05) is 13.0 Å². The maximum atomic E-state index is 11.4. The largest absolute Gasteiger partial charge is 0.321 e. The highest BCUT2D eigenvalue weighted by atomic mass is 35.5. The van der Waals surface area contributed by atoms with Crippen molar-refractivity contribution < 1.29 is 4.79 Å². The second-order valence-corrected chi connectivity index (χ2v) is 3.52. The molecular weight excluding hydrogens is 186 g/mol. The van der Waals surface area contributed by atoms with E-state index in [0.717, 1.165) is 5.56 Å². The maximum absolute atomic E-state index is 11.4. The van der Waals surface area contributed by atoms with E-state index in [0.29, 0.717) is 10.6 Å². The molecule has 0 fully saturated rings. The number of rotatable bonds is 2. The average Bonchev–Trinajstić information content (AvgIpc) is 2.08. The molecule has 2 nitrogen and oxygen atoms in total. The maximum Gasteiger partial charge on any atom is 0.179 e. The zero-order valence-corrected chi connectivity index (χ0v) is 8.43. The van der Waals surface area contributed by atoms with Gasteiger partial charge in [0.1, 0.15) is 0 Å². The van der Waals surface area contributed by atoms with Crippen molar-refractivity contribution in [3.05, 3.63) is 34.3 Å². The summed E-state index contributed by atoms with van der Waals surface area (Å²) in [5, 5.41) is 0.603. The fraction of sp³-hybridized carbons (Fsp3) is 0.300. The lowest BCUT2D eigenvalue weighted by molar-refractivity contribution is 0.0968. The van der Waals surface area contributed by atoms with Crippen LogP contribution >= 0.6 is 11.6 Å². The van der Waals surface area contributed by atoms with Crippen molar-refractivity contribution in [1.29, 1.82) is 0 Å². The minimum absolute atomic E-state index is 0.0816. The predicted molar refractivity (Wildman–Crippen MR) is 54.2 cm³/mol. The van der Waals surface area contributed by atoms with E-state index in [4.69, 9.17) is 17.3 Å². The van der Waals surface area contributed by atoms with E-state index in [-0.39, 0.29) is 5.78 Å². The van der Waals surface area contributed by atoms with Gasteiger partial charge in [-0.05, 0) is 25.5 Å². The van der Waals surface area contributed by atoms with Gasteiger partial charge in [-0.1, -0.05) is 23.7 Å². The molecule has 0 amide bonds. The van der Waals surface area contributed by atoms with Gasteiger partial charge in [-0.25, -0.2) is 0 Å². The van der Waals surface area contributed by atoms with Gasteiger partial charge < -0.3 is 5.73 Å². The highest BCUT2D eigenvalue weighted by Crippen LogP contribution is 2.17. The molecule has 1 unspecified atom stereocenters. The Labute approximate surface area is 82.7 Å². The van der Waals surface area contributed by atoms with Crippen LogP contribution in [0.1, 0.15) is 22.8 Å². The number of halogens is 1. The first-order chi connectivity index (χ1) is 6.02. The van der Waals surface area contributed by atoms with E-state index in [9.17, 15) is 4.79 Å². The van der Waals surface area contributed by atoms with Gasteiger partial charge in [0.15, 0.2) is 5.78 Å². The highest BCUT2D eigenvalue weighted by molar-refractivity contribution is 6.31. The summed E-state index contributed by atoms with van der Waals surface area (Å²) in [6.07, 6.45) is 0. The first kappa shape index (κ1) is 10.2. The Balaban J connectivity index is 3.04. The third kappa shape index (κ3) is 2.29. The lowest BCUT2D eigenvalue weighted by Gasteiger charge is -2.05. The van der Waals surface area contributed by atoms with Crippen molar-refractivity contribution >= 4 is 17.4 Å². The molecule has 0 aliphatic rings. The molecule has 0 heterocycles. The van der Waals surface area contributed by atoms with E-state index >= 15 is 0 Å². The van der Waals surface area contributed by atoms with Gasteiger partial charge in [-0.3, -0.25) is 4.79 Å². The highest BCUT2D eigenvalue weighted by Gasteiger charge is 2.11. The number of nitrogens with two attached hydrogens (primary N) is 1. The van der Waals surface area contributed by atoms with Crippen LogP contribution in [0.25, 0.3) is 0 Å². The van der Waals surface area contributed by atoms with E-state index in [2.05, 4.69) is 0 Å². The first-order valence-corrected chi connectivity index (χ1v) is 4.46. The van der Waals surface area contributed by atoms with Crippen molar-refractivity contribution in [3.8, 4) is 0 Å². The number of aryl methyl sites for hydroxylation is 1. The van der Waals surface area contributed by atoms with Crippen LogP contribution in [0.4, 0.5) is 0 Å². The van der Waals surface area contributed by atoms with Crippen LogP contribution in [-0.4, -0.2) is 11.8 Å². The van der Waals surface area contributed by atoms with Gasteiger partial charge in [0.25, 0.3) is 0 Å². The fourth-order valence-corrected chi connectivity index (χ4v) is 1.19. The number of carbonyl (C=O) groups is 1. The molecule has 1 atom stereocenters. The molecule has 0 aromatic heterocycles. The normalized spacial score (nSPS) is 12.6. The number of hydrogen-bond acceptors (Lipinski definition) is 2. The lowest BCUT2D eigenvalue weighted by atomic mass is 10.0. The van der Waals surface area contributed by atoms with Gasteiger partial charge in [-0.15, -0.1) is 0 Å². The summed E-state index contributed by atoms with van der Waals surface area (Å²) in [6, 6.07) is 4.74. The summed E-state index contributed by atoms with van der Waals surface area (Å²) < 4.78 is 0. The van der Waals surface area contributed by atoms with Crippen molar-refractivity contribution in [2.75, 3.05) is 0 Å². The molecule has 0 spiro atoms. The van der Waals surface area contributed by atoms with Crippen LogP contribution in [0.5, 0.6) is 0 Å². The first-order valence-electron chi connectivity index (χ1n) is 4.08. The van der Waals surface area contributed by atoms with E-state index in [1.165, 1.54) is 0 Å². The molecule has 1 aromatic rings. The second-order valence-electron chi connectivity index (χ2n) is 3.12. The molecule has 0 bridgehead atoms. The molecule has 0 saturated carbocycles. The quantitative estimate of drug-likeness (QED) is 0.739. The topological polar surface area (TPSA) is 43.1 Å². The Morgan fingerprint density at radius 2 is 2.15 bits per heavy atom. The van der Waals surface area contributed by atoms with Crippen LogP contribution in [-0.2, 0) is 0 Å². The van der Waals surface area contributed by atoms with Gasteiger partial charge in [0, 0.05) is 10.6 Å². The summed E-state index contributed by atoms with van der Waals surface area (Å²) in [7, 11) is 0. The minimum Gasteiger partial charge on any atom is -0.321 e. The molecule has 0 aliphatic heterocycles. The third-order valence-corrected chi connectivity index (χ3v) is 2.28. The van der Waals surface area contributed by atoms with Crippen molar-refractivity contribution in [1.82, 2.24) is 0 Å². The summed E-state index contributed by atoms with van der Waals surface area (Å²) in [6.45, 7) is 3.55. The number of ketones is 1. The summed E-state index contributed by atoms with van der Waals surface area (Å²) in [5.41, 5.74) is 7.00. The van der Waals surface area contributed by atoms with Crippen LogP contribution in [0.15, 0.2) is 18.2 Å². The van der Waals surface area contributed by atoms with Gasteiger partial charge >= 0.3 is 0 Å². The van der Waals surface area contributed by atoms with E-state index in [1.54, 1.807) is 19.1 Å². The predicted octanol–water partition coefficient (Wildman–Crippen LogP) is 2.18. The van der Waals surface area contributed by atoms with Crippen LogP contribution in [0.2, 0.25) is 5.02 Å². The smallest absolute Gasteiger partial charge is 0.179 e. The zero-order chi connectivity index (χ0) is 10.0. The SMILES string of the molecule is Cc1ccc(C(=O)C(C)N)cc1Cl. The third-order valence-electron chi connectivity index (χ3n) is 1.87. The Morgan fingerprint density at radius 1 is 1.54 bits per heavy atom. The van der Waals surface area contributed by atoms with Crippen LogP contribution in [0.3, 0.4) is 0 Å². The van der Waals surface area contributed by atoms with Crippen LogP contribution in [0, 0.1) is 6.92 Å². The van der Waals surface area contributed by atoms with Crippen molar-refractivity contribution in [2.24, 2.45) is 5.73 Å². The Kier molecular flexibility index (Phi) is 3.07. The molecule has 0 radical (unpaired) electrons. The van der Waals surface area contributed by atoms with E-state index < -0.39 is 6.04 Å².